The standard InChI is InChI=1S/C15H24N2O2S/c1-4-17(14-7-8-14)20(18,19)15-9-5-13(6-10-15)11-16-12(2)3/h5-6,9-10,12,14,16H,4,7-8,11H2,1-3H3. The molecule has 1 aromatic rings. The van der Waals surface area contributed by atoms with Crippen LogP contribution in [0.15, 0.2) is 29.2 Å². The van der Waals surface area contributed by atoms with E-state index in [-0.39, 0.29) is 6.04 Å². The lowest BCUT2D eigenvalue weighted by atomic mass is 10.2. The van der Waals surface area contributed by atoms with Crippen molar-refractivity contribution in [1.29, 1.82) is 0 Å². The molecule has 0 aliphatic heterocycles. The molecule has 1 aliphatic rings. The van der Waals surface area contributed by atoms with E-state index >= 15 is 0 Å². The molecule has 0 atom stereocenters. The molecule has 1 N–H and O–H groups in total. The van der Waals surface area contributed by atoms with Gasteiger partial charge in [-0.2, -0.15) is 4.31 Å². The van der Waals surface area contributed by atoms with Gasteiger partial charge >= 0.3 is 0 Å². The molecule has 5 heteroatoms. The van der Waals surface area contributed by atoms with Gasteiger partial charge in [-0.15, -0.1) is 0 Å². The van der Waals surface area contributed by atoms with Crippen LogP contribution in [0, 0.1) is 0 Å². The minimum absolute atomic E-state index is 0.215. The number of rotatable bonds is 7. The van der Waals surface area contributed by atoms with Gasteiger partial charge < -0.3 is 5.32 Å². The zero-order chi connectivity index (χ0) is 14.8. The van der Waals surface area contributed by atoms with Gasteiger partial charge in [-0.05, 0) is 30.5 Å². The minimum Gasteiger partial charge on any atom is -0.310 e. The van der Waals surface area contributed by atoms with Gasteiger partial charge in [0.05, 0.1) is 4.90 Å². The number of hydrogen-bond acceptors (Lipinski definition) is 3. The van der Waals surface area contributed by atoms with Gasteiger partial charge in [0.15, 0.2) is 0 Å². The Morgan fingerprint density at radius 1 is 1.25 bits per heavy atom. The van der Waals surface area contributed by atoms with E-state index in [0.29, 0.717) is 17.5 Å². The van der Waals surface area contributed by atoms with Crippen molar-refractivity contribution >= 4 is 10.0 Å². The van der Waals surface area contributed by atoms with Crippen molar-refractivity contribution in [1.82, 2.24) is 9.62 Å². The summed E-state index contributed by atoms with van der Waals surface area (Å²) in [5.74, 6) is 0. The molecule has 0 spiro atoms. The van der Waals surface area contributed by atoms with Gasteiger partial charge in [0.1, 0.15) is 0 Å². The third-order valence-electron chi connectivity index (χ3n) is 3.51. The molecule has 0 heterocycles. The molecule has 1 saturated carbocycles. The lowest BCUT2D eigenvalue weighted by Gasteiger charge is -2.20. The highest BCUT2D eigenvalue weighted by Crippen LogP contribution is 2.31. The number of benzene rings is 1. The average molecular weight is 296 g/mol. The first-order valence-corrected chi connectivity index (χ1v) is 8.73. The van der Waals surface area contributed by atoms with Crippen LogP contribution in [0.5, 0.6) is 0 Å². The topological polar surface area (TPSA) is 49.4 Å². The van der Waals surface area contributed by atoms with Crippen LogP contribution in [0.2, 0.25) is 0 Å². The van der Waals surface area contributed by atoms with Crippen molar-refractivity contribution in [2.24, 2.45) is 0 Å². The lowest BCUT2D eigenvalue weighted by Crippen LogP contribution is -2.32. The molecule has 0 saturated heterocycles. The summed E-state index contributed by atoms with van der Waals surface area (Å²) >= 11 is 0. The Labute approximate surface area is 122 Å². The second-order valence-corrected chi connectivity index (χ2v) is 7.51. The monoisotopic (exact) mass is 296 g/mol. The highest BCUT2D eigenvalue weighted by Gasteiger charge is 2.36. The number of nitrogens with zero attached hydrogens (tertiary/aromatic N) is 1. The first kappa shape index (κ1) is 15.5. The second-order valence-electron chi connectivity index (χ2n) is 5.62. The molecule has 0 bridgehead atoms. The van der Waals surface area contributed by atoms with Crippen molar-refractivity contribution in [3.8, 4) is 0 Å². The number of sulfonamides is 1. The third kappa shape index (κ3) is 3.59. The molecular weight excluding hydrogens is 272 g/mol. The average Bonchev–Trinajstić information content (AvgIpc) is 3.22. The Hall–Kier alpha value is -0.910. The van der Waals surface area contributed by atoms with E-state index in [4.69, 9.17) is 0 Å². The highest BCUT2D eigenvalue weighted by molar-refractivity contribution is 7.89. The predicted molar refractivity (Wildman–Crippen MR) is 81.0 cm³/mol. The molecule has 1 fully saturated rings. The van der Waals surface area contributed by atoms with Crippen molar-refractivity contribution < 1.29 is 8.42 Å². The van der Waals surface area contributed by atoms with Gasteiger partial charge in [-0.1, -0.05) is 32.9 Å². The summed E-state index contributed by atoms with van der Waals surface area (Å²) in [7, 11) is -3.32. The molecule has 1 aliphatic carbocycles. The van der Waals surface area contributed by atoms with Crippen LogP contribution in [0.3, 0.4) is 0 Å². The van der Waals surface area contributed by atoms with E-state index in [1.54, 1.807) is 16.4 Å². The molecule has 0 amide bonds. The molecule has 0 aromatic heterocycles. The summed E-state index contributed by atoms with van der Waals surface area (Å²) < 4.78 is 26.7. The number of nitrogens with one attached hydrogen (secondary N) is 1. The molecular formula is C15H24N2O2S. The summed E-state index contributed by atoms with van der Waals surface area (Å²) in [5.41, 5.74) is 1.10. The van der Waals surface area contributed by atoms with Crippen LogP contribution >= 0.6 is 0 Å². The van der Waals surface area contributed by atoms with Gasteiger partial charge in [-0.3, -0.25) is 0 Å². The van der Waals surface area contributed by atoms with Crippen molar-refractivity contribution in [2.45, 2.75) is 57.1 Å². The van der Waals surface area contributed by atoms with E-state index in [9.17, 15) is 8.42 Å². The zero-order valence-electron chi connectivity index (χ0n) is 12.5. The van der Waals surface area contributed by atoms with Gasteiger partial charge in [0.2, 0.25) is 10.0 Å². The van der Waals surface area contributed by atoms with Crippen molar-refractivity contribution in [3.05, 3.63) is 29.8 Å². The van der Waals surface area contributed by atoms with Crippen LogP contribution in [0.4, 0.5) is 0 Å². The Kier molecular flexibility index (Phi) is 4.83. The van der Waals surface area contributed by atoms with Gasteiger partial charge in [0.25, 0.3) is 0 Å². The van der Waals surface area contributed by atoms with Crippen LogP contribution in [0.25, 0.3) is 0 Å². The Morgan fingerprint density at radius 3 is 2.30 bits per heavy atom. The van der Waals surface area contributed by atoms with Crippen molar-refractivity contribution in [2.75, 3.05) is 6.54 Å². The van der Waals surface area contributed by atoms with E-state index in [1.165, 1.54) is 0 Å². The Morgan fingerprint density at radius 2 is 1.85 bits per heavy atom. The maximum atomic E-state index is 12.5. The zero-order valence-corrected chi connectivity index (χ0v) is 13.3. The maximum Gasteiger partial charge on any atom is 0.243 e. The summed E-state index contributed by atoms with van der Waals surface area (Å²) in [6.07, 6.45) is 1.98. The fraction of sp³-hybridized carbons (Fsp3) is 0.600. The molecule has 2 rings (SSSR count). The summed E-state index contributed by atoms with van der Waals surface area (Å²) in [6.45, 7) is 7.39. The van der Waals surface area contributed by atoms with Crippen LogP contribution < -0.4 is 5.32 Å². The van der Waals surface area contributed by atoms with Crippen LogP contribution in [-0.2, 0) is 16.6 Å². The normalized spacial score (nSPS) is 16.1. The Balaban J connectivity index is 2.12. The highest BCUT2D eigenvalue weighted by atomic mass is 32.2. The molecule has 0 unspecified atom stereocenters. The van der Waals surface area contributed by atoms with E-state index in [1.807, 2.05) is 19.1 Å². The fourth-order valence-corrected chi connectivity index (χ4v) is 3.92. The molecule has 112 valence electrons. The molecule has 1 aromatic carbocycles. The smallest absolute Gasteiger partial charge is 0.243 e. The largest absolute Gasteiger partial charge is 0.310 e. The number of hydrogen-bond donors (Lipinski definition) is 1. The molecule has 0 radical (unpaired) electrons. The summed E-state index contributed by atoms with van der Waals surface area (Å²) in [4.78, 5) is 0.402. The second kappa shape index (κ2) is 6.24. The van der Waals surface area contributed by atoms with Crippen molar-refractivity contribution in [3.63, 3.8) is 0 Å². The lowest BCUT2D eigenvalue weighted by molar-refractivity contribution is 0.421. The molecule has 4 nitrogen and oxygen atoms in total. The van der Waals surface area contributed by atoms with E-state index in [0.717, 1.165) is 24.9 Å². The SMILES string of the molecule is CCN(C1CC1)S(=O)(=O)c1ccc(CNC(C)C)cc1. The van der Waals surface area contributed by atoms with E-state index in [2.05, 4.69) is 19.2 Å². The molecule has 20 heavy (non-hydrogen) atoms. The van der Waals surface area contributed by atoms with E-state index < -0.39 is 10.0 Å². The summed E-state index contributed by atoms with van der Waals surface area (Å²) in [6, 6.07) is 7.86. The first-order valence-electron chi connectivity index (χ1n) is 7.29. The third-order valence-corrected chi connectivity index (χ3v) is 5.55. The fourth-order valence-electron chi connectivity index (χ4n) is 2.22. The van der Waals surface area contributed by atoms with Gasteiger partial charge in [0, 0.05) is 25.2 Å². The van der Waals surface area contributed by atoms with Gasteiger partial charge in [-0.25, -0.2) is 8.42 Å². The van der Waals surface area contributed by atoms with Crippen LogP contribution in [-0.4, -0.2) is 31.4 Å². The quantitative estimate of drug-likeness (QED) is 0.840. The van der Waals surface area contributed by atoms with Crippen LogP contribution in [0.1, 0.15) is 39.2 Å². The summed E-state index contributed by atoms with van der Waals surface area (Å²) in [5, 5.41) is 3.32. The predicted octanol–water partition coefficient (Wildman–Crippen LogP) is 2.36. The minimum atomic E-state index is -3.32. The first-order chi connectivity index (χ1) is 9.45. The maximum absolute atomic E-state index is 12.5. The Bertz CT molecular complexity index is 533.